The Morgan fingerprint density at radius 1 is 1.50 bits per heavy atom. The third-order valence-corrected chi connectivity index (χ3v) is 3.95. The number of benzene rings is 1. The highest BCUT2D eigenvalue weighted by Crippen LogP contribution is 2.54. The minimum Gasteiger partial charge on any atom is -0.507 e. The van der Waals surface area contributed by atoms with E-state index in [9.17, 15) is 9.90 Å². The number of thioether (sulfide) groups is 1. The molecule has 0 aliphatic heterocycles. The Morgan fingerprint density at radius 3 is 2.69 bits per heavy atom. The van der Waals surface area contributed by atoms with Crippen LogP contribution in [-0.2, 0) is 10.2 Å². The minimum atomic E-state index is -0.770. The first kappa shape index (κ1) is 11.3. The third kappa shape index (κ3) is 1.89. The maximum Gasteiger partial charge on any atom is 0.304 e. The van der Waals surface area contributed by atoms with Gasteiger partial charge in [-0.3, -0.25) is 4.79 Å². The number of aliphatic carboxylic acids is 1. The quantitative estimate of drug-likeness (QED) is 0.792. The van der Waals surface area contributed by atoms with Gasteiger partial charge in [0.1, 0.15) is 5.75 Å². The van der Waals surface area contributed by atoms with Crippen LogP contribution in [0.15, 0.2) is 23.1 Å². The van der Waals surface area contributed by atoms with Crippen LogP contribution in [0.2, 0.25) is 0 Å². The van der Waals surface area contributed by atoms with Crippen molar-refractivity contribution in [2.24, 2.45) is 0 Å². The average Bonchev–Trinajstić information content (AvgIpc) is 2.97. The second-order valence-corrected chi connectivity index (χ2v) is 5.03. The van der Waals surface area contributed by atoms with Crippen molar-refractivity contribution >= 4 is 17.7 Å². The van der Waals surface area contributed by atoms with E-state index in [1.165, 1.54) is 11.8 Å². The fourth-order valence-corrected chi connectivity index (χ4v) is 2.92. The lowest BCUT2D eigenvalue weighted by molar-refractivity contribution is -0.137. The van der Waals surface area contributed by atoms with Crippen LogP contribution in [0.25, 0.3) is 0 Å². The third-order valence-electron chi connectivity index (χ3n) is 3.11. The van der Waals surface area contributed by atoms with Gasteiger partial charge in [0, 0.05) is 5.41 Å². The normalized spacial score (nSPS) is 17.1. The van der Waals surface area contributed by atoms with Gasteiger partial charge in [0.2, 0.25) is 0 Å². The van der Waals surface area contributed by atoms with Gasteiger partial charge in [0.05, 0.1) is 11.3 Å². The van der Waals surface area contributed by atoms with Crippen LogP contribution in [0.3, 0.4) is 0 Å². The first-order valence-electron chi connectivity index (χ1n) is 5.17. The summed E-state index contributed by atoms with van der Waals surface area (Å²) in [5, 5.41) is 18.7. The van der Waals surface area contributed by atoms with Crippen LogP contribution in [-0.4, -0.2) is 22.4 Å². The Hall–Kier alpha value is -1.16. The zero-order chi connectivity index (χ0) is 11.8. The molecule has 0 radical (unpaired) electrons. The van der Waals surface area contributed by atoms with E-state index >= 15 is 0 Å². The summed E-state index contributed by atoms with van der Waals surface area (Å²) in [6, 6.07) is 5.36. The lowest BCUT2D eigenvalue weighted by Crippen LogP contribution is -2.13. The van der Waals surface area contributed by atoms with E-state index in [0.29, 0.717) is 0 Å². The van der Waals surface area contributed by atoms with Crippen molar-refractivity contribution in [3.8, 4) is 5.75 Å². The molecule has 1 saturated carbocycles. The summed E-state index contributed by atoms with van der Waals surface area (Å²) in [6.07, 6.45) is 3.85. The standard InChI is InChI=1S/C12H14O3S/c1-16-11-8(3-2-4-9(11)13)12(5-6-12)7-10(14)15/h2-4,13H,5-7H2,1H3,(H,14,15). The second kappa shape index (κ2) is 4.01. The number of carboxylic acid groups (broad SMARTS) is 1. The van der Waals surface area contributed by atoms with Gasteiger partial charge < -0.3 is 10.2 Å². The molecule has 3 nitrogen and oxygen atoms in total. The summed E-state index contributed by atoms with van der Waals surface area (Å²) in [7, 11) is 0. The van der Waals surface area contributed by atoms with E-state index in [1.54, 1.807) is 12.1 Å². The van der Waals surface area contributed by atoms with Crippen molar-refractivity contribution < 1.29 is 15.0 Å². The topological polar surface area (TPSA) is 57.5 Å². The molecule has 1 aromatic carbocycles. The highest BCUT2D eigenvalue weighted by Gasteiger charge is 2.47. The molecule has 0 bridgehead atoms. The van der Waals surface area contributed by atoms with Crippen molar-refractivity contribution in [3.63, 3.8) is 0 Å². The SMILES string of the molecule is CSc1c(O)cccc1C1(CC(=O)O)CC1. The van der Waals surface area contributed by atoms with Gasteiger partial charge in [0.15, 0.2) is 0 Å². The molecule has 0 spiro atoms. The molecular formula is C12H14O3S. The molecule has 0 heterocycles. The molecule has 16 heavy (non-hydrogen) atoms. The van der Waals surface area contributed by atoms with Gasteiger partial charge in [-0.15, -0.1) is 11.8 Å². The Kier molecular flexibility index (Phi) is 2.84. The molecule has 0 unspecified atom stereocenters. The highest BCUT2D eigenvalue weighted by atomic mass is 32.2. The summed E-state index contributed by atoms with van der Waals surface area (Å²) >= 11 is 1.47. The van der Waals surface area contributed by atoms with Gasteiger partial charge in [-0.25, -0.2) is 0 Å². The Labute approximate surface area is 98.5 Å². The number of rotatable bonds is 4. The first-order chi connectivity index (χ1) is 7.59. The van der Waals surface area contributed by atoms with Gasteiger partial charge in [-0.2, -0.15) is 0 Å². The maximum atomic E-state index is 10.8. The molecule has 0 aromatic heterocycles. The van der Waals surface area contributed by atoms with Gasteiger partial charge in [-0.1, -0.05) is 12.1 Å². The van der Waals surface area contributed by atoms with Crippen LogP contribution in [0.4, 0.5) is 0 Å². The molecule has 4 heteroatoms. The average molecular weight is 238 g/mol. The molecule has 2 N–H and O–H groups in total. The number of phenolic OH excluding ortho intramolecular Hbond substituents is 1. The second-order valence-electron chi connectivity index (χ2n) is 4.21. The fourth-order valence-electron chi connectivity index (χ4n) is 2.14. The Morgan fingerprint density at radius 2 is 2.19 bits per heavy atom. The van der Waals surface area contributed by atoms with Crippen LogP contribution in [0.1, 0.15) is 24.8 Å². The number of phenols is 1. The highest BCUT2D eigenvalue weighted by molar-refractivity contribution is 7.98. The molecule has 1 fully saturated rings. The van der Waals surface area contributed by atoms with E-state index in [2.05, 4.69) is 0 Å². The molecule has 0 amide bonds. The van der Waals surface area contributed by atoms with E-state index < -0.39 is 5.97 Å². The van der Waals surface area contributed by atoms with E-state index in [4.69, 9.17) is 5.11 Å². The van der Waals surface area contributed by atoms with Crippen molar-refractivity contribution in [2.45, 2.75) is 29.6 Å². The zero-order valence-corrected chi connectivity index (χ0v) is 9.88. The number of hydrogen-bond donors (Lipinski definition) is 2. The Balaban J connectivity index is 2.40. The number of carbonyl (C=O) groups is 1. The lowest BCUT2D eigenvalue weighted by atomic mass is 9.92. The lowest BCUT2D eigenvalue weighted by Gasteiger charge is -2.17. The van der Waals surface area contributed by atoms with E-state index in [1.807, 2.05) is 12.3 Å². The smallest absolute Gasteiger partial charge is 0.304 e. The van der Waals surface area contributed by atoms with Gasteiger partial charge in [0.25, 0.3) is 0 Å². The Bertz CT molecular complexity index is 424. The monoisotopic (exact) mass is 238 g/mol. The molecule has 0 atom stereocenters. The minimum absolute atomic E-state index is 0.157. The van der Waals surface area contributed by atoms with Gasteiger partial charge >= 0.3 is 5.97 Å². The first-order valence-corrected chi connectivity index (χ1v) is 6.40. The van der Waals surface area contributed by atoms with Crippen molar-refractivity contribution in [1.29, 1.82) is 0 Å². The summed E-state index contributed by atoms with van der Waals surface area (Å²) < 4.78 is 0. The van der Waals surface area contributed by atoms with Crippen LogP contribution >= 0.6 is 11.8 Å². The molecule has 1 aromatic rings. The molecule has 1 aliphatic carbocycles. The summed E-state index contributed by atoms with van der Waals surface area (Å²) in [4.78, 5) is 11.7. The van der Waals surface area contributed by atoms with Gasteiger partial charge in [-0.05, 0) is 30.7 Å². The van der Waals surface area contributed by atoms with E-state index in [0.717, 1.165) is 23.3 Å². The fraction of sp³-hybridized carbons (Fsp3) is 0.417. The molecule has 1 aliphatic rings. The summed E-state index contributed by atoms with van der Waals surface area (Å²) in [6.45, 7) is 0. The molecule has 86 valence electrons. The van der Waals surface area contributed by atoms with E-state index in [-0.39, 0.29) is 17.6 Å². The van der Waals surface area contributed by atoms with Crippen LogP contribution in [0, 0.1) is 0 Å². The maximum absolute atomic E-state index is 10.8. The summed E-state index contributed by atoms with van der Waals surface area (Å²) in [5.41, 5.74) is 0.755. The number of aromatic hydroxyl groups is 1. The number of hydrogen-bond acceptors (Lipinski definition) is 3. The molecule has 2 rings (SSSR count). The largest absolute Gasteiger partial charge is 0.507 e. The predicted molar refractivity (Wildman–Crippen MR) is 63.1 cm³/mol. The molecular weight excluding hydrogens is 224 g/mol. The molecule has 0 saturated heterocycles. The van der Waals surface area contributed by atoms with Crippen LogP contribution in [0.5, 0.6) is 5.75 Å². The van der Waals surface area contributed by atoms with Crippen molar-refractivity contribution in [3.05, 3.63) is 23.8 Å². The number of carboxylic acids is 1. The van der Waals surface area contributed by atoms with Crippen molar-refractivity contribution in [2.75, 3.05) is 6.26 Å². The van der Waals surface area contributed by atoms with Crippen molar-refractivity contribution in [1.82, 2.24) is 0 Å². The zero-order valence-electron chi connectivity index (χ0n) is 9.06. The van der Waals surface area contributed by atoms with Crippen LogP contribution < -0.4 is 0 Å². The summed E-state index contributed by atoms with van der Waals surface area (Å²) in [5.74, 6) is -0.519. The predicted octanol–water partition coefficient (Wildman–Crippen LogP) is 2.62.